The highest BCUT2D eigenvalue weighted by atomic mass is 32.2. The number of carbonyl (C=O) groups excluding carboxylic acids is 1. The summed E-state index contributed by atoms with van der Waals surface area (Å²) in [6.07, 6.45) is 1.00. The molecule has 0 radical (unpaired) electrons. The van der Waals surface area contributed by atoms with Gasteiger partial charge in [-0.25, -0.2) is 0 Å². The summed E-state index contributed by atoms with van der Waals surface area (Å²) in [5.41, 5.74) is 6.79. The zero-order chi connectivity index (χ0) is 21.1. The van der Waals surface area contributed by atoms with E-state index in [-0.39, 0.29) is 11.7 Å². The van der Waals surface area contributed by atoms with Gasteiger partial charge in [-0.3, -0.25) is 4.79 Å². The minimum Gasteiger partial charge on any atom is -0.325 e. The minimum absolute atomic E-state index is 0.0863. The van der Waals surface area contributed by atoms with Crippen molar-refractivity contribution in [3.8, 4) is 11.3 Å². The van der Waals surface area contributed by atoms with E-state index in [2.05, 4.69) is 51.8 Å². The Bertz CT molecular complexity index is 1200. The van der Waals surface area contributed by atoms with Gasteiger partial charge in [-0.15, -0.1) is 10.2 Å². The van der Waals surface area contributed by atoms with Crippen molar-refractivity contribution in [3.63, 3.8) is 0 Å². The van der Waals surface area contributed by atoms with E-state index in [1.54, 1.807) is 4.52 Å². The third kappa shape index (κ3) is 4.36. The molecule has 2 aromatic carbocycles. The number of nitrogens with one attached hydrogen (secondary N) is 1. The maximum absolute atomic E-state index is 12.4. The summed E-state index contributed by atoms with van der Waals surface area (Å²) < 4.78 is 1.69. The van der Waals surface area contributed by atoms with Crippen molar-refractivity contribution >= 4 is 29.0 Å². The van der Waals surface area contributed by atoms with Gasteiger partial charge < -0.3 is 5.32 Å². The second kappa shape index (κ2) is 8.67. The second-order valence-corrected chi connectivity index (χ2v) is 8.12. The molecule has 30 heavy (non-hydrogen) atoms. The first-order chi connectivity index (χ1) is 14.5. The van der Waals surface area contributed by atoms with Crippen LogP contribution < -0.4 is 5.32 Å². The van der Waals surface area contributed by atoms with Gasteiger partial charge >= 0.3 is 0 Å². The second-order valence-electron chi connectivity index (χ2n) is 7.18. The number of anilines is 1. The summed E-state index contributed by atoms with van der Waals surface area (Å²) >= 11 is 1.32. The molecule has 0 spiro atoms. The van der Waals surface area contributed by atoms with Crippen LogP contribution in [0.15, 0.2) is 59.8 Å². The first-order valence-corrected chi connectivity index (χ1v) is 10.8. The lowest BCUT2D eigenvalue weighted by atomic mass is 10.1. The highest BCUT2D eigenvalue weighted by Crippen LogP contribution is 2.22. The van der Waals surface area contributed by atoms with Gasteiger partial charge in [0.15, 0.2) is 5.65 Å². The predicted molar refractivity (Wildman–Crippen MR) is 121 cm³/mol. The van der Waals surface area contributed by atoms with Crippen molar-refractivity contribution in [2.75, 3.05) is 11.1 Å². The molecule has 0 aliphatic rings. The SMILES string of the molecule is CCc1ccc(-c2ccc3nnc(SCC(=O)Nc4cc(C)ccc4C)n3n2)cc1. The van der Waals surface area contributed by atoms with E-state index in [4.69, 9.17) is 0 Å². The van der Waals surface area contributed by atoms with Crippen molar-refractivity contribution in [1.82, 2.24) is 19.8 Å². The molecule has 0 saturated carbocycles. The van der Waals surface area contributed by atoms with Crippen LogP contribution in [-0.4, -0.2) is 31.5 Å². The predicted octanol–water partition coefficient (Wildman–Crippen LogP) is 4.70. The van der Waals surface area contributed by atoms with Crippen LogP contribution in [0.25, 0.3) is 16.9 Å². The number of nitrogens with zero attached hydrogens (tertiary/aromatic N) is 4. The molecular formula is C23H23N5OS. The van der Waals surface area contributed by atoms with Gasteiger partial charge in [0.2, 0.25) is 11.1 Å². The third-order valence-corrected chi connectivity index (χ3v) is 5.81. The molecule has 152 valence electrons. The molecule has 0 fully saturated rings. The van der Waals surface area contributed by atoms with E-state index in [0.29, 0.717) is 10.8 Å². The third-order valence-electron chi connectivity index (χ3n) is 4.89. The monoisotopic (exact) mass is 417 g/mol. The Hall–Kier alpha value is -3.19. The average Bonchev–Trinajstić information content (AvgIpc) is 3.17. The molecule has 7 heteroatoms. The van der Waals surface area contributed by atoms with E-state index in [1.165, 1.54) is 17.3 Å². The van der Waals surface area contributed by atoms with E-state index < -0.39 is 0 Å². The van der Waals surface area contributed by atoms with Crippen LogP contribution in [0.3, 0.4) is 0 Å². The minimum atomic E-state index is -0.0863. The zero-order valence-corrected chi connectivity index (χ0v) is 18.0. The zero-order valence-electron chi connectivity index (χ0n) is 17.2. The van der Waals surface area contributed by atoms with Gasteiger partial charge in [0.1, 0.15) is 0 Å². The molecule has 0 aliphatic heterocycles. The maximum Gasteiger partial charge on any atom is 0.234 e. The largest absolute Gasteiger partial charge is 0.325 e. The Morgan fingerprint density at radius 2 is 1.83 bits per heavy atom. The Labute approximate surface area is 179 Å². The first-order valence-electron chi connectivity index (χ1n) is 9.85. The number of aromatic nitrogens is 4. The summed E-state index contributed by atoms with van der Waals surface area (Å²) in [5.74, 6) is 0.141. The van der Waals surface area contributed by atoms with Crippen molar-refractivity contribution in [3.05, 3.63) is 71.3 Å². The van der Waals surface area contributed by atoms with Crippen LogP contribution in [0.4, 0.5) is 5.69 Å². The molecule has 0 unspecified atom stereocenters. The maximum atomic E-state index is 12.4. The number of fused-ring (bicyclic) bond motifs is 1. The summed E-state index contributed by atoms with van der Waals surface area (Å²) in [5, 5.41) is 16.6. The Morgan fingerprint density at radius 1 is 1.03 bits per heavy atom. The number of hydrogen-bond acceptors (Lipinski definition) is 5. The standard InChI is InChI=1S/C23H23N5OS/c1-4-17-7-9-18(10-8-17)19-11-12-21-25-26-23(28(21)27-19)30-14-22(29)24-20-13-15(2)5-6-16(20)3/h5-13H,4,14H2,1-3H3,(H,24,29). The highest BCUT2D eigenvalue weighted by molar-refractivity contribution is 7.99. The summed E-state index contributed by atoms with van der Waals surface area (Å²) in [6.45, 7) is 6.12. The summed E-state index contributed by atoms with van der Waals surface area (Å²) in [6, 6.07) is 18.2. The van der Waals surface area contributed by atoms with Gasteiger partial charge in [0.05, 0.1) is 11.4 Å². The first kappa shape index (κ1) is 20.1. The molecule has 4 rings (SSSR count). The lowest BCUT2D eigenvalue weighted by Crippen LogP contribution is -2.15. The number of rotatable bonds is 6. The molecule has 0 bridgehead atoms. The van der Waals surface area contributed by atoms with Crippen molar-refractivity contribution in [2.24, 2.45) is 0 Å². The fourth-order valence-corrected chi connectivity index (χ4v) is 3.80. The van der Waals surface area contributed by atoms with Crippen LogP contribution in [0.1, 0.15) is 23.6 Å². The van der Waals surface area contributed by atoms with Crippen LogP contribution in [0.5, 0.6) is 0 Å². The normalized spacial score (nSPS) is 11.0. The Morgan fingerprint density at radius 3 is 2.60 bits per heavy atom. The van der Waals surface area contributed by atoms with Crippen LogP contribution >= 0.6 is 11.8 Å². The summed E-state index contributed by atoms with van der Waals surface area (Å²) in [7, 11) is 0. The van der Waals surface area contributed by atoms with Gasteiger partial charge in [-0.05, 0) is 55.2 Å². The van der Waals surface area contributed by atoms with Gasteiger partial charge in [0, 0.05) is 11.3 Å². The van der Waals surface area contributed by atoms with Gasteiger partial charge in [0.25, 0.3) is 0 Å². The van der Waals surface area contributed by atoms with E-state index >= 15 is 0 Å². The molecule has 0 aliphatic carbocycles. The van der Waals surface area contributed by atoms with E-state index in [0.717, 1.165) is 34.5 Å². The van der Waals surface area contributed by atoms with Crippen molar-refractivity contribution in [1.29, 1.82) is 0 Å². The van der Waals surface area contributed by atoms with Gasteiger partial charge in [-0.2, -0.15) is 9.61 Å². The molecule has 1 N–H and O–H groups in total. The Kier molecular flexibility index (Phi) is 5.81. The molecule has 0 saturated heterocycles. The number of amides is 1. The molecule has 2 aromatic heterocycles. The van der Waals surface area contributed by atoms with E-state index in [1.807, 2.05) is 44.2 Å². The lowest BCUT2D eigenvalue weighted by molar-refractivity contribution is -0.113. The van der Waals surface area contributed by atoms with Crippen molar-refractivity contribution in [2.45, 2.75) is 32.3 Å². The number of carbonyl (C=O) groups is 1. The highest BCUT2D eigenvalue weighted by Gasteiger charge is 2.12. The Balaban J connectivity index is 1.50. The molecular weight excluding hydrogens is 394 g/mol. The number of hydrogen-bond donors (Lipinski definition) is 1. The van der Waals surface area contributed by atoms with Crippen LogP contribution in [0, 0.1) is 13.8 Å². The van der Waals surface area contributed by atoms with Crippen LogP contribution in [0.2, 0.25) is 0 Å². The fraction of sp³-hybridized carbons (Fsp3) is 0.217. The number of aryl methyl sites for hydroxylation is 3. The molecule has 6 nitrogen and oxygen atoms in total. The summed E-state index contributed by atoms with van der Waals surface area (Å²) in [4.78, 5) is 12.4. The number of thioether (sulfide) groups is 1. The van der Waals surface area contributed by atoms with Crippen LogP contribution in [-0.2, 0) is 11.2 Å². The smallest absolute Gasteiger partial charge is 0.234 e. The topological polar surface area (TPSA) is 72.2 Å². The average molecular weight is 418 g/mol. The fourth-order valence-electron chi connectivity index (χ4n) is 3.11. The van der Waals surface area contributed by atoms with Gasteiger partial charge in [-0.1, -0.05) is 55.1 Å². The molecule has 4 aromatic rings. The van der Waals surface area contributed by atoms with Crippen molar-refractivity contribution < 1.29 is 4.79 Å². The van der Waals surface area contributed by atoms with E-state index in [9.17, 15) is 4.79 Å². The number of benzene rings is 2. The molecule has 2 heterocycles. The quantitative estimate of drug-likeness (QED) is 0.460. The lowest BCUT2D eigenvalue weighted by Gasteiger charge is -2.09. The molecule has 0 atom stereocenters. The molecule has 1 amide bonds.